The van der Waals surface area contributed by atoms with E-state index in [1.54, 1.807) is 12.1 Å². The molecule has 0 aromatic heterocycles. The lowest BCUT2D eigenvalue weighted by Crippen LogP contribution is -2.00. The summed E-state index contributed by atoms with van der Waals surface area (Å²) in [7, 11) is 1.45. The van der Waals surface area contributed by atoms with Crippen molar-refractivity contribution in [1.29, 1.82) is 0 Å². The average Bonchev–Trinajstić information content (AvgIpc) is 2.42. The van der Waals surface area contributed by atoms with Crippen LogP contribution in [0.15, 0.2) is 34.8 Å². The summed E-state index contributed by atoms with van der Waals surface area (Å²) in [6.45, 7) is 0. The summed E-state index contributed by atoms with van der Waals surface area (Å²) in [6.07, 6.45) is 0. The molecule has 0 aliphatic heterocycles. The Morgan fingerprint density at radius 1 is 1.10 bits per heavy atom. The van der Waals surface area contributed by atoms with Crippen LogP contribution in [-0.4, -0.2) is 7.11 Å². The van der Waals surface area contributed by atoms with Crippen LogP contribution in [0.5, 0.6) is 5.75 Å². The first kappa shape index (κ1) is 15.7. The molecule has 0 saturated heterocycles. The van der Waals surface area contributed by atoms with E-state index in [0.29, 0.717) is 20.8 Å². The highest BCUT2D eigenvalue weighted by molar-refractivity contribution is 9.10. The standard InChI is InChI=1S/C14H9Br2ClF2O/c1-20-7-2-3-8(12(18)4-7)14(16)9-5-11(17)10(15)6-13(9)19/h2-6,14H,1H3. The van der Waals surface area contributed by atoms with E-state index in [1.165, 1.54) is 25.3 Å². The Hall–Kier alpha value is -0.650. The Morgan fingerprint density at radius 3 is 2.35 bits per heavy atom. The first-order valence-electron chi connectivity index (χ1n) is 5.56. The quantitative estimate of drug-likeness (QED) is 0.440. The summed E-state index contributed by atoms with van der Waals surface area (Å²) < 4.78 is 33.4. The largest absolute Gasteiger partial charge is 0.497 e. The monoisotopic (exact) mass is 424 g/mol. The molecule has 0 bridgehead atoms. The number of hydrogen-bond acceptors (Lipinski definition) is 1. The van der Waals surface area contributed by atoms with Crippen LogP contribution in [-0.2, 0) is 0 Å². The SMILES string of the molecule is COc1ccc(C(Br)c2cc(Cl)c(Br)cc2F)c(F)c1. The first-order valence-corrected chi connectivity index (χ1v) is 7.64. The van der Waals surface area contributed by atoms with E-state index < -0.39 is 16.5 Å². The molecule has 0 fully saturated rings. The number of ether oxygens (including phenoxy) is 1. The molecule has 0 heterocycles. The van der Waals surface area contributed by atoms with Gasteiger partial charge in [-0.1, -0.05) is 33.6 Å². The van der Waals surface area contributed by atoms with E-state index in [4.69, 9.17) is 16.3 Å². The molecule has 2 aromatic rings. The molecule has 6 heteroatoms. The van der Waals surface area contributed by atoms with Crippen molar-refractivity contribution in [2.45, 2.75) is 4.83 Å². The summed E-state index contributed by atoms with van der Waals surface area (Å²) >= 11 is 12.4. The summed E-state index contributed by atoms with van der Waals surface area (Å²) in [6, 6.07) is 7.13. The highest BCUT2D eigenvalue weighted by atomic mass is 79.9. The second kappa shape index (κ2) is 6.41. The second-order valence-electron chi connectivity index (χ2n) is 4.04. The van der Waals surface area contributed by atoms with E-state index in [0.717, 1.165) is 0 Å². The zero-order valence-corrected chi connectivity index (χ0v) is 14.2. The molecule has 0 saturated carbocycles. The number of benzene rings is 2. The van der Waals surface area contributed by atoms with Gasteiger partial charge in [0.15, 0.2) is 0 Å². The smallest absolute Gasteiger partial charge is 0.131 e. The average molecular weight is 426 g/mol. The maximum Gasteiger partial charge on any atom is 0.131 e. The van der Waals surface area contributed by atoms with Crippen molar-refractivity contribution in [2.24, 2.45) is 0 Å². The molecule has 1 atom stereocenters. The van der Waals surface area contributed by atoms with E-state index >= 15 is 0 Å². The molecule has 2 aromatic carbocycles. The van der Waals surface area contributed by atoms with Gasteiger partial charge in [0, 0.05) is 21.7 Å². The molecule has 0 radical (unpaired) electrons. The zero-order valence-electron chi connectivity index (χ0n) is 10.3. The third-order valence-corrected chi connectivity index (χ3v) is 4.98. The Labute approximate surface area is 137 Å². The van der Waals surface area contributed by atoms with Crippen LogP contribution in [0.1, 0.15) is 16.0 Å². The molecule has 1 nitrogen and oxygen atoms in total. The van der Waals surface area contributed by atoms with Gasteiger partial charge in [-0.3, -0.25) is 0 Å². The summed E-state index contributed by atoms with van der Waals surface area (Å²) in [5.41, 5.74) is 0.574. The molecular formula is C14H9Br2ClF2O. The summed E-state index contributed by atoms with van der Waals surface area (Å²) in [5, 5.41) is 0.361. The summed E-state index contributed by atoms with van der Waals surface area (Å²) in [4.78, 5) is -0.640. The van der Waals surface area contributed by atoms with Crippen molar-refractivity contribution < 1.29 is 13.5 Å². The van der Waals surface area contributed by atoms with Crippen LogP contribution in [0.25, 0.3) is 0 Å². The molecule has 0 spiro atoms. The lowest BCUT2D eigenvalue weighted by molar-refractivity contribution is 0.411. The fraction of sp³-hybridized carbons (Fsp3) is 0.143. The van der Waals surface area contributed by atoms with E-state index in [1.807, 2.05) is 0 Å². The normalized spacial score (nSPS) is 12.3. The highest BCUT2D eigenvalue weighted by Gasteiger charge is 2.20. The van der Waals surface area contributed by atoms with E-state index in [2.05, 4.69) is 31.9 Å². The topological polar surface area (TPSA) is 9.23 Å². The molecule has 106 valence electrons. The van der Waals surface area contributed by atoms with E-state index in [9.17, 15) is 8.78 Å². The van der Waals surface area contributed by atoms with Gasteiger partial charge in [-0.25, -0.2) is 8.78 Å². The zero-order chi connectivity index (χ0) is 14.9. The molecule has 20 heavy (non-hydrogen) atoms. The predicted molar refractivity (Wildman–Crippen MR) is 82.8 cm³/mol. The maximum atomic E-state index is 14.0. The van der Waals surface area contributed by atoms with Crippen molar-refractivity contribution in [1.82, 2.24) is 0 Å². The van der Waals surface area contributed by atoms with Crippen LogP contribution in [0.2, 0.25) is 5.02 Å². The highest BCUT2D eigenvalue weighted by Crippen LogP contribution is 2.38. The maximum absolute atomic E-state index is 14.0. The minimum atomic E-state index is -0.640. The second-order valence-corrected chi connectivity index (χ2v) is 6.22. The molecule has 0 N–H and O–H groups in total. The first-order chi connectivity index (χ1) is 9.43. The number of methoxy groups -OCH3 is 1. The van der Waals surface area contributed by atoms with Crippen LogP contribution in [0.3, 0.4) is 0 Å². The van der Waals surface area contributed by atoms with Gasteiger partial charge >= 0.3 is 0 Å². The third kappa shape index (κ3) is 3.15. The van der Waals surface area contributed by atoms with E-state index in [-0.39, 0.29) is 5.56 Å². The lowest BCUT2D eigenvalue weighted by Gasteiger charge is -2.14. The van der Waals surface area contributed by atoms with Gasteiger partial charge in [0.2, 0.25) is 0 Å². The minimum absolute atomic E-state index is 0.266. The summed E-state index contributed by atoms with van der Waals surface area (Å²) in [5.74, 6) is -0.553. The van der Waals surface area contributed by atoms with Gasteiger partial charge in [0.25, 0.3) is 0 Å². The van der Waals surface area contributed by atoms with Crippen molar-refractivity contribution in [2.75, 3.05) is 7.11 Å². The molecular weight excluding hydrogens is 417 g/mol. The lowest BCUT2D eigenvalue weighted by atomic mass is 10.0. The fourth-order valence-electron chi connectivity index (χ4n) is 1.74. The van der Waals surface area contributed by atoms with Gasteiger partial charge in [0.1, 0.15) is 17.4 Å². The Balaban J connectivity index is 2.46. The molecule has 2 rings (SSSR count). The number of hydrogen-bond donors (Lipinski definition) is 0. The number of alkyl halides is 1. The molecule has 0 aliphatic carbocycles. The van der Waals surface area contributed by atoms with Crippen LogP contribution >= 0.6 is 43.5 Å². The predicted octanol–water partition coefficient (Wildman–Crippen LogP) is 5.87. The van der Waals surface area contributed by atoms with Gasteiger partial charge in [0.05, 0.1) is 17.0 Å². The van der Waals surface area contributed by atoms with Crippen molar-refractivity contribution in [3.63, 3.8) is 0 Å². The Bertz CT molecular complexity index is 649. The fourth-order valence-corrected chi connectivity index (χ4v) is 2.95. The Kier molecular flexibility index (Phi) is 5.04. The van der Waals surface area contributed by atoms with Crippen molar-refractivity contribution >= 4 is 43.5 Å². The molecule has 0 amide bonds. The third-order valence-electron chi connectivity index (χ3n) is 2.79. The number of rotatable bonds is 3. The van der Waals surface area contributed by atoms with Crippen LogP contribution < -0.4 is 4.74 Å². The van der Waals surface area contributed by atoms with Crippen LogP contribution in [0, 0.1) is 11.6 Å². The minimum Gasteiger partial charge on any atom is -0.497 e. The Morgan fingerprint density at radius 2 is 1.75 bits per heavy atom. The van der Waals surface area contributed by atoms with Gasteiger partial charge in [-0.15, -0.1) is 0 Å². The van der Waals surface area contributed by atoms with Crippen molar-refractivity contribution in [3.8, 4) is 5.75 Å². The van der Waals surface area contributed by atoms with Gasteiger partial charge < -0.3 is 4.74 Å². The number of halogens is 5. The van der Waals surface area contributed by atoms with Gasteiger partial charge in [-0.05, 0) is 34.1 Å². The van der Waals surface area contributed by atoms with Crippen molar-refractivity contribution in [3.05, 3.63) is 62.6 Å². The molecule has 0 aliphatic rings. The van der Waals surface area contributed by atoms with Gasteiger partial charge in [-0.2, -0.15) is 0 Å². The molecule has 1 unspecified atom stereocenters. The van der Waals surface area contributed by atoms with Crippen LogP contribution in [0.4, 0.5) is 8.78 Å².